The van der Waals surface area contributed by atoms with Gasteiger partial charge in [0, 0.05) is 13.0 Å². The zero-order chi connectivity index (χ0) is 17.0. The second-order valence-electron chi connectivity index (χ2n) is 5.39. The summed E-state index contributed by atoms with van der Waals surface area (Å²) in [5, 5.41) is 1.82. The molecular formula is C15H16F4N2O2. The fourth-order valence-corrected chi connectivity index (χ4v) is 2.48. The predicted octanol–water partition coefficient (Wildman–Crippen LogP) is 2.39. The number of halogens is 4. The zero-order valence-corrected chi connectivity index (χ0v) is 12.2. The molecule has 8 heteroatoms. The topological polar surface area (TPSA) is 49.4 Å². The van der Waals surface area contributed by atoms with Crippen LogP contribution >= 0.6 is 0 Å². The standard InChI is InChI=1S/C15H16F4N2O2/c16-11-6-4-10(5-7-11)8-21-12(2-1-3-13(21)22)14(23)20-9-15(17,18)19/h4-7,12H,1-3,8-9H2,(H,20,23). The van der Waals surface area contributed by atoms with Gasteiger partial charge in [-0.25, -0.2) is 4.39 Å². The molecule has 1 aliphatic heterocycles. The van der Waals surface area contributed by atoms with Gasteiger partial charge in [0.15, 0.2) is 0 Å². The lowest BCUT2D eigenvalue weighted by Crippen LogP contribution is -2.52. The Morgan fingerprint density at radius 3 is 2.52 bits per heavy atom. The number of rotatable bonds is 4. The third-order valence-corrected chi connectivity index (χ3v) is 3.60. The molecule has 1 saturated heterocycles. The van der Waals surface area contributed by atoms with E-state index in [4.69, 9.17) is 0 Å². The minimum absolute atomic E-state index is 0.0587. The second-order valence-corrected chi connectivity index (χ2v) is 5.39. The Hall–Kier alpha value is -2.12. The highest BCUT2D eigenvalue weighted by molar-refractivity contribution is 5.88. The van der Waals surface area contributed by atoms with Crippen molar-refractivity contribution in [2.24, 2.45) is 0 Å². The highest BCUT2D eigenvalue weighted by Gasteiger charge is 2.35. The van der Waals surface area contributed by atoms with Crippen molar-refractivity contribution in [2.45, 2.75) is 38.0 Å². The molecule has 126 valence electrons. The number of hydrogen-bond acceptors (Lipinski definition) is 2. The van der Waals surface area contributed by atoms with Crippen LogP contribution in [0.5, 0.6) is 0 Å². The molecule has 1 unspecified atom stereocenters. The number of hydrogen-bond donors (Lipinski definition) is 1. The van der Waals surface area contributed by atoms with Crippen LogP contribution in [0.1, 0.15) is 24.8 Å². The molecule has 1 fully saturated rings. The van der Waals surface area contributed by atoms with E-state index in [9.17, 15) is 27.2 Å². The van der Waals surface area contributed by atoms with E-state index in [1.54, 1.807) is 0 Å². The molecule has 23 heavy (non-hydrogen) atoms. The van der Waals surface area contributed by atoms with Gasteiger partial charge < -0.3 is 10.2 Å². The number of amides is 2. The van der Waals surface area contributed by atoms with Gasteiger partial charge in [-0.05, 0) is 30.5 Å². The van der Waals surface area contributed by atoms with Gasteiger partial charge in [0.2, 0.25) is 11.8 Å². The molecule has 4 nitrogen and oxygen atoms in total. The van der Waals surface area contributed by atoms with E-state index in [1.165, 1.54) is 29.2 Å². The zero-order valence-electron chi connectivity index (χ0n) is 12.2. The van der Waals surface area contributed by atoms with Crippen LogP contribution in [0.25, 0.3) is 0 Å². The third-order valence-electron chi connectivity index (χ3n) is 3.60. The van der Waals surface area contributed by atoms with Crippen molar-refractivity contribution in [3.63, 3.8) is 0 Å². The van der Waals surface area contributed by atoms with E-state index < -0.39 is 30.5 Å². The monoisotopic (exact) mass is 332 g/mol. The Balaban J connectivity index is 2.07. The highest BCUT2D eigenvalue weighted by Crippen LogP contribution is 2.22. The van der Waals surface area contributed by atoms with Gasteiger partial charge in [-0.1, -0.05) is 12.1 Å². The lowest BCUT2D eigenvalue weighted by atomic mass is 9.99. The number of carbonyl (C=O) groups excluding carboxylic acids is 2. The molecule has 0 aromatic heterocycles. The van der Waals surface area contributed by atoms with Gasteiger partial charge in [0.1, 0.15) is 18.4 Å². The molecule has 1 aliphatic rings. The first kappa shape index (κ1) is 17.2. The van der Waals surface area contributed by atoms with E-state index in [0.717, 1.165) is 0 Å². The Labute approximate surface area is 130 Å². The highest BCUT2D eigenvalue weighted by atomic mass is 19.4. The predicted molar refractivity (Wildman–Crippen MR) is 73.7 cm³/mol. The van der Waals surface area contributed by atoms with Gasteiger partial charge in [-0.3, -0.25) is 9.59 Å². The SMILES string of the molecule is O=C(NCC(F)(F)F)C1CCCC(=O)N1Cc1ccc(F)cc1. The Kier molecular flexibility index (Phi) is 5.23. The summed E-state index contributed by atoms with van der Waals surface area (Å²) < 4.78 is 49.5. The van der Waals surface area contributed by atoms with Crippen molar-refractivity contribution in [1.29, 1.82) is 0 Å². The minimum atomic E-state index is -4.50. The summed E-state index contributed by atoms with van der Waals surface area (Å²) in [7, 11) is 0. The Morgan fingerprint density at radius 1 is 1.26 bits per heavy atom. The van der Waals surface area contributed by atoms with Crippen molar-refractivity contribution in [3.8, 4) is 0 Å². The average Bonchev–Trinajstić information content (AvgIpc) is 2.48. The number of piperidine rings is 1. The summed E-state index contributed by atoms with van der Waals surface area (Å²) in [6.45, 7) is -1.37. The maximum absolute atomic E-state index is 12.9. The van der Waals surface area contributed by atoms with Crippen LogP contribution in [0.15, 0.2) is 24.3 Å². The summed E-state index contributed by atoms with van der Waals surface area (Å²) in [6, 6.07) is 4.46. The molecule has 0 radical (unpaired) electrons. The first-order chi connectivity index (χ1) is 10.8. The summed E-state index contributed by atoms with van der Waals surface area (Å²) in [6.07, 6.45) is -3.51. The number of alkyl halides is 3. The molecule has 0 bridgehead atoms. The van der Waals surface area contributed by atoms with Crippen LogP contribution < -0.4 is 5.32 Å². The van der Waals surface area contributed by atoms with Crippen molar-refractivity contribution in [2.75, 3.05) is 6.54 Å². The van der Waals surface area contributed by atoms with Crippen LogP contribution in [0, 0.1) is 5.82 Å². The van der Waals surface area contributed by atoms with Crippen LogP contribution in [-0.4, -0.2) is 35.5 Å². The fourth-order valence-electron chi connectivity index (χ4n) is 2.48. The fraction of sp³-hybridized carbons (Fsp3) is 0.467. The van der Waals surface area contributed by atoms with Gasteiger partial charge in [0.25, 0.3) is 0 Å². The smallest absolute Gasteiger partial charge is 0.345 e. The van der Waals surface area contributed by atoms with Crippen LogP contribution in [0.2, 0.25) is 0 Å². The van der Waals surface area contributed by atoms with E-state index in [-0.39, 0.29) is 18.9 Å². The van der Waals surface area contributed by atoms with Crippen molar-refractivity contribution >= 4 is 11.8 Å². The lowest BCUT2D eigenvalue weighted by Gasteiger charge is -2.34. The largest absolute Gasteiger partial charge is 0.405 e. The quantitative estimate of drug-likeness (QED) is 0.861. The van der Waals surface area contributed by atoms with Crippen LogP contribution in [0.3, 0.4) is 0 Å². The van der Waals surface area contributed by atoms with Gasteiger partial charge in [-0.15, -0.1) is 0 Å². The number of carbonyl (C=O) groups is 2. The molecule has 1 aromatic rings. The molecule has 1 N–H and O–H groups in total. The maximum Gasteiger partial charge on any atom is 0.405 e. The van der Waals surface area contributed by atoms with E-state index in [0.29, 0.717) is 18.4 Å². The number of likely N-dealkylation sites (tertiary alicyclic amines) is 1. The molecule has 0 saturated carbocycles. The van der Waals surface area contributed by atoms with E-state index >= 15 is 0 Å². The molecular weight excluding hydrogens is 316 g/mol. The van der Waals surface area contributed by atoms with Crippen LogP contribution in [-0.2, 0) is 16.1 Å². The number of nitrogens with zero attached hydrogens (tertiary/aromatic N) is 1. The van der Waals surface area contributed by atoms with E-state index in [1.807, 2.05) is 5.32 Å². The summed E-state index contributed by atoms with van der Waals surface area (Å²) in [5.41, 5.74) is 0.607. The first-order valence-electron chi connectivity index (χ1n) is 7.14. The van der Waals surface area contributed by atoms with Crippen molar-refractivity contribution in [3.05, 3.63) is 35.6 Å². The molecule has 2 rings (SSSR count). The average molecular weight is 332 g/mol. The Morgan fingerprint density at radius 2 is 1.91 bits per heavy atom. The first-order valence-corrected chi connectivity index (χ1v) is 7.14. The molecule has 2 amide bonds. The van der Waals surface area contributed by atoms with Gasteiger partial charge in [-0.2, -0.15) is 13.2 Å². The third kappa shape index (κ3) is 4.94. The lowest BCUT2D eigenvalue weighted by molar-refractivity contribution is -0.149. The molecule has 1 aromatic carbocycles. The van der Waals surface area contributed by atoms with Crippen molar-refractivity contribution in [1.82, 2.24) is 10.2 Å². The molecule has 1 atom stereocenters. The minimum Gasteiger partial charge on any atom is -0.345 e. The van der Waals surface area contributed by atoms with Gasteiger partial charge >= 0.3 is 6.18 Å². The summed E-state index contributed by atoms with van der Waals surface area (Å²) in [4.78, 5) is 25.3. The Bertz CT molecular complexity index is 572. The maximum atomic E-state index is 12.9. The van der Waals surface area contributed by atoms with Crippen molar-refractivity contribution < 1.29 is 27.2 Å². The van der Waals surface area contributed by atoms with Crippen LogP contribution in [0.4, 0.5) is 17.6 Å². The molecule has 0 aliphatic carbocycles. The van der Waals surface area contributed by atoms with Gasteiger partial charge in [0.05, 0.1) is 0 Å². The number of benzene rings is 1. The summed E-state index contributed by atoms with van der Waals surface area (Å²) >= 11 is 0. The second kappa shape index (κ2) is 6.97. The molecule has 0 spiro atoms. The van der Waals surface area contributed by atoms with E-state index in [2.05, 4.69) is 0 Å². The molecule has 1 heterocycles. The normalized spacial score (nSPS) is 18.9. The summed E-state index contributed by atoms with van der Waals surface area (Å²) in [5.74, 6) is -1.55. The number of nitrogens with one attached hydrogen (secondary N) is 1.